The van der Waals surface area contributed by atoms with Gasteiger partial charge in [-0.2, -0.15) is 12.6 Å². The van der Waals surface area contributed by atoms with E-state index in [2.05, 4.69) is 39.2 Å². The van der Waals surface area contributed by atoms with Crippen LogP contribution >= 0.6 is 12.6 Å². The number of nitrogens with one attached hydrogen (secondary N) is 5. The van der Waals surface area contributed by atoms with Gasteiger partial charge in [-0.1, -0.05) is 42.0 Å². The van der Waals surface area contributed by atoms with Crippen LogP contribution in [0.3, 0.4) is 0 Å². The number of benzene rings is 2. The first kappa shape index (κ1) is 44.2. The van der Waals surface area contributed by atoms with E-state index in [1.807, 2.05) is 19.1 Å². The number of nitrogens with zero attached hydrogens (tertiary/aromatic N) is 1. The first-order chi connectivity index (χ1) is 26.3. The Hall–Kier alpha value is -5.20. The predicted molar refractivity (Wildman–Crippen MR) is 207 cm³/mol. The molecular formula is C37H53N9O8S. The van der Waals surface area contributed by atoms with E-state index in [1.54, 1.807) is 24.3 Å². The lowest BCUT2D eigenvalue weighted by molar-refractivity contribution is -0.141. The Labute approximate surface area is 325 Å². The van der Waals surface area contributed by atoms with Crippen molar-refractivity contribution in [1.82, 2.24) is 31.5 Å². The van der Waals surface area contributed by atoms with Gasteiger partial charge in [0.1, 0.15) is 36.0 Å². The van der Waals surface area contributed by atoms with Gasteiger partial charge < -0.3 is 53.8 Å². The lowest BCUT2D eigenvalue weighted by Gasteiger charge is -2.29. The van der Waals surface area contributed by atoms with Crippen molar-refractivity contribution in [3.05, 3.63) is 65.2 Å². The Bertz CT molecular complexity index is 1640. The van der Waals surface area contributed by atoms with Crippen molar-refractivity contribution in [2.24, 2.45) is 17.2 Å². The number of unbranched alkanes of at least 4 members (excludes halogenated alkanes) is 1. The summed E-state index contributed by atoms with van der Waals surface area (Å²) in [4.78, 5) is 92.7. The highest BCUT2D eigenvalue weighted by Crippen LogP contribution is 2.20. The second-order valence-electron chi connectivity index (χ2n) is 13.4. The third-order valence-corrected chi connectivity index (χ3v) is 9.46. The zero-order valence-electron chi connectivity index (χ0n) is 30.9. The van der Waals surface area contributed by atoms with Crippen LogP contribution in [0.2, 0.25) is 0 Å². The SMILES string of the molecule is Cc1ccc(C[C@H](NC(=O)[C@H](CCCCN)NC(=O)CNC(=O)[C@@H]2CCCN2C(=O)[C@H](Cc2ccc(O)cc2)NC(=O)CN)C(=O)N[C@@H](CS)C(N)=O)cc1. The number of phenols is 1. The molecule has 2 aromatic carbocycles. The lowest BCUT2D eigenvalue weighted by Crippen LogP contribution is -2.58. The molecule has 0 saturated carbocycles. The quantitative estimate of drug-likeness (QED) is 0.0493. The standard InChI is InChI=1S/C37H53N9O8S/c1-22-7-9-23(10-8-22)17-27(35(52)45-29(21-55)33(40)50)44-34(51)26(5-2-3-15-38)42-32(49)20-41-36(53)30-6-4-16-46(30)37(54)28(43-31(48)19-39)18-24-11-13-25(47)14-12-24/h7-14,26-30,47,55H,2-6,15-21,38-39H2,1H3,(H2,40,50)(H,41,53)(H,42,49)(H,43,48)(H,44,51)(H,45,52)/t26-,27-,28-,29-,30-/m0/s1. The van der Waals surface area contributed by atoms with E-state index in [9.17, 15) is 38.7 Å². The second-order valence-corrected chi connectivity index (χ2v) is 13.8. The third kappa shape index (κ3) is 14.2. The molecule has 1 aliphatic heterocycles. The normalized spacial score (nSPS) is 15.9. The fourth-order valence-electron chi connectivity index (χ4n) is 6.04. The van der Waals surface area contributed by atoms with Gasteiger partial charge in [-0.15, -0.1) is 0 Å². The van der Waals surface area contributed by atoms with Gasteiger partial charge in [-0.3, -0.25) is 33.6 Å². The summed E-state index contributed by atoms with van der Waals surface area (Å²) in [5, 5.41) is 22.7. The smallest absolute Gasteiger partial charge is 0.246 e. The highest BCUT2D eigenvalue weighted by molar-refractivity contribution is 7.80. The van der Waals surface area contributed by atoms with Gasteiger partial charge in [0, 0.05) is 25.1 Å². The van der Waals surface area contributed by atoms with Crippen LogP contribution in [0.4, 0.5) is 0 Å². The Balaban J connectivity index is 1.69. The van der Waals surface area contributed by atoms with Crippen LogP contribution in [-0.2, 0) is 46.4 Å². The maximum absolute atomic E-state index is 13.7. The maximum atomic E-state index is 13.7. The minimum Gasteiger partial charge on any atom is -0.508 e. The zero-order valence-corrected chi connectivity index (χ0v) is 31.8. The Morgan fingerprint density at radius 2 is 1.38 bits per heavy atom. The average molecular weight is 784 g/mol. The molecule has 0 unspecified atom stereocenters. The molecule has 300 valence electrons. The summed E-state index contributed by atoms with van der Waals surface area (Å²) in [6, 6.07) is 8.14. The molecular weight excluding hydrogens is 731 g/mol. The van der Waals surface area contributed by atoms with Crippen molar-refractivity contribution in [3.63, 3.8) is 0 Å². The zero-order chi connectivity index (χ0) is 40.5. The molecule has 1 heterocycles. The van der Waals surface area contributed by atoms with Crippen LogP contribution in [0.5, 0.6) is 5.75 Å². The van der Waals surface area contributed by atoms with Crippen molar-refractivity contribution in [1.29, 1.82) is 0 Å². The highest BCUT2D eigenvalue weighted by atomic mass is 32.1. The summed E-state index contributed by atoms with van der Waals surface area (Å²) >= 11 is 4.08. The van der Waals surface area contributed by atoms with E-state index < -0.39 is 78.1 Å². The largest absolute Gasteiger partial charge is 0.508 e. The van der Waals surface area contributed by atoms with Gasteiger partial charge >= 0.3 is 0 Å². The summed E-state index contributed by atoms with van der Waals surface area (Å²) in [6.45, 7) is 1.62. The van der Waals surface area contributed by atoms with Crippen LogP contribution in [0, 0.1) is 6.92 Å². The number of carbonyl (C=O) groups is 7. The van der Waals surface area contributed by atoms with Crippen molar-refractivity contribution in [2.45, 2.75) is 82.1 Å². The van der Waals surface area contributed by atoms with Gasteiger partial charge in [0.25, 0.3) is 0 Å². The van der Waals surface area contributed by atoms with Crippen LogP contribution in [0.1, 0.15) is 48.8 Å². The molecule has 1 fully saturated rings. The molecule has 2 aromatic rings. The number of likely N-dealkylation sites (tertiary alicyclic amines) is 1. The Kier molecular flexibility index (Phi) is 17.9. The van der Waals surface area contributed by atoms with E-state index in [0.29, 0.717) is 37.8 Å². The number of amides is 7. The monoisotopic (exact) mass is 783 g/mol. The molecule has 55 heavy (non-hydrogen) atoms. The minimum atomic E-state index is -1.15. The highest BCUT2D eigenvalue weighted by Gasteiger charge is 2.38. The number of nitrogens with two attached hydrogens (primary N) is 3. The summed E-state index contributed by atoms with van der Waals surface area (Å²) in [7, 11) is 0. The number of thiol groups is 1. The minimum absolute atomic E-state index is 0.0369. The molecule has 17 nitrogen and oxygen atoms in total. The third-order valence-electron chi connectivity index (χ3n) is 9.09. The molecule has 0 bridgehead atoms. The van der Waals surface area contributed by atoms with Crippen LogP contribution in [-0.4, -0.2) is 113 Å². The van der Waals surface area contributed by atoms with E-state index in [-0.39, 0.29) is 43.9 Å². The van der Waals surface area contributed by atoms with Crippen molar-refractivity contribution in [3.8, 4) is 5.75 Å². The van der Waals surface area contributed by atoms with Crippen LogP contribution < -0.4 is 43.8 Å². The van der Waals surface area contributed by atoms with Crippen LogP contribution in [0.25, 0.3) is 0 Å². The van der Waals surface area contributed by atoms with Crippen molar-refractivity contribution < 1.29 is 38.7 Å². The number of aromatic hydroxyl groups is 1. The van der Waals surface area contributed by atoms with E-state index in [0.717, 1.165) is 11.1 Å². The molecule has 0 aliphatic carbocycles. The van der Waals surface area contributed by atoms with Gasteiger partial charge in [0.15, 0.2) is 0 Å². The Morgan fingerprint density at radius 3 is 1.98 bits per heavy atom. The molecule has 18 heteroatoms. The number of hydrogen-bond donors (Lipinski definition) is 10. The fourth-order valence-corrected chi connectivity index (χ4v) is 6.31. The average Bonchev–Trinajstić information content (AvgIpc) is 3.66. The molecule has 0 radical (unpaired) electrons. The molecule has 7 amide bonds. The predicted octanol–water partition coefficient (Wildman–Crippen LogP) is -1.96. The topological polar surface area (TPSA) is 281 Å². The number of carbonyl (C=O) groups excluding carboxylic acids is 7. The van der Waals surface area contributed by atoms with E-state index in [1.165, 1.54) is 17.0 Å². The summed E-state index contributed by atoms with van der Waals surface area (Å²) in [6.07, 6.45) is 2.15. The first-order valence-corrected chi connectivity index (χ1v) is 18.8. The van der Waals surface area contributed by atoms with Crippen LogP contribution in [0.15, 0.2) is 48.5 Å². The molecule has 1 saturated heterocycles. The first-order valence-electron chi connectivity index (χ1n) is 18.2. The molecule has 0 aromatic heterocycles. The van der Waals surface area contributed by atoms with Gasteiger partial charge in [-0.05, 0) is 68.8 Å². The maximum Gasteiger partial charge on any atom is 0.246 e. The summed E-state index contributed by atoms with van der Waals surface area (Å²) in [5.41, 5.74) is 18.9. The summed E-state index contributed by atoms with van der Waals surface area (Å²) in [5.74, 6) is -4.52. The van der Waals surface area contributed by atoms with Gasteiger partial charge in [0.05, 0.1) is 13.1 Å². The summed E-state index contributed by atoms with van der Waals surface area (Å²) < 4.78 is 0. The van der Waals surface area contributed by atoms with E-state index in [4.69, 9.17) is 17.2 Å². The number of rotatable bonds is 21. The van der Waals surface area contributed by atoms with Gasteiger partial charge in [0.2, 0.25) is 41.4 Å². The fraction of sp³-hybridized carbons (Fsp3) is 0.486. The molecule has 5 atom stereocenters. The molecule has 1 aliphatic rings. The lowest BCUT2D eigenvalue weighted by atomic mass is 10.0. The number of phenolic OH excluding ortho intramolecular Hbond substituents is 1. The number of primary amides is 1. The van der Waals surface area contributed by atoms with Crippen molar-refractivity contribution in [2.75, 3.05) is 31.9 Å². The number of aryl methyl sites for hydroxylation is 1. The van der Waals surface area contributed by atoms with Crippen molar-refractivity contribution >= 4 is 54.0 Å². The molecule has 12 N–H and O–H groups in total. The number of hydrogen-bond acceptors (Lipinski definition) is 11. The van der Waals surface area contributed by atoms with Gasteiger partial charge in [-0.25, -0.2) is 0 Å². The molecule has 3 rings (SSSR count). The second kappa shape index (κ2) is 22.2. The molecule has 0 spiro atoms. The Morgan fingerprint density at radius 1 is 0.800 bits per heavy atom. The van der Waals surface area contributed by atoms with E-state index >= 15 is 0 Å².